The topological polar surface area (TPSA) is 37.8 Å². The number of rotatable bonds is 4. The standard InChI is InChI=1S/C12H22N2O/c1-6-10-11(9(4)5)13-14(12(10)15)7-8(2)3/h8-9,13H,6-7H2,1-5H3. The molecule has 3 heteroatoms. The Bertz CT molecular complexity index is 371. The second-order valence-corrected chi connectivity index (χ2v) is 4.82. The lowest BCUT2D eigenvalue weighted by Gasteiger charge is -2.06. The predicted molar refractivity (Wildman–Crippen MR) is 63.4 cm³/mol. The van der Waals surface area contributed by atoms with Crippen LogP contribution in [0, 0.1) is 5.92 Å². The molecule has 0 atom stereocenters. The van der Waals surface area contributed by atoms with Gasteiger partial charge in [0.2, 0.25) is 0 Å². The number of aromatic amines is 1. The van der Waals surface area contributed by atoms with Crippen LogP contribution in [0.5, 0.6) is 0 Å². The van der Waals surface area contributed by atoms with Crippen molar-refractivity contribution < 1.29 is 0 Å². The molecule has 0 saturated heterocycles. The van der Waals surface area contributed by atoms with Gasteiger partial charge in [0.1, 0.15) is 0 Å². The van der Waals surface area contributed by atoms with Crippen molar-refractivity contribution in [1.82, 2.24) is 9.78 Å². The molecular formula is C12H22N2O. The molecule has 0 aliphatic carbocycles. The quantitative estimate of drug-likeness (QED) is 0.814. The summed E-state index contributed by atoms with van der Waals surface area (Å²) in [4.78, 5) is 12.0. The summed E-state index contributed by atoms with van der Waals surface area (Å²) in [7, 11) is 0. The predicted octanol–water partition coefficient (Wildman–Crippen LogP) is 2.52. The molecule has 1 N–H and O–H groups in total. The van der Waals surface area contributed by atoms with E-state index in [1.165, 1.54) is 0 Å². The lowest BCUT2D eigenvalue weighted by molar-refractivity contribution is 0.468. The van der Waals surface area contributed by atoms with Crippen molar-refractivity contribution >= 4 is 0 Å². The van der Waals surface area contributed by atoms with Gasteiger partial charge in [0.05, 0.1) is 0 Å². The smallest absolute Gasteiger partial charge is 0.269 e. The molecule has 3 nitrogen and oxygen atoms in total. The van der Waals surface area contributed by atoms with Gasteiger partial charge in [-0.3, -0.25) is 14.6 Å². The molecule has 0 radical (unpaired) electrons. The van der Waals surface area contributed by atoms with E-state index >= 15 is 0 Å². The van der Waals surface area contributed by atoms with Gasteiger partial charge in [0.25, 0.3) is 5.56 Å². The van der Waals surface area contributed by atoms with Crippen LogP contribution in [0.2, 0.25) is 0 Å². The van der Waals surface area contributed by atoms with E-state index < -0.39 is 0 Å². The van der Waals surface area contributed by atoms with Crippen molar-refractivity contribution in [2.75, 3.05) is 0 Å². The van der Waals surface area contributed by atoms with Crippen LogP contribution in [0.1, 0.15) is 51.8 Å². The summed E-state index contributed by atoms with van der Waals surface area (Å²) in [6.07, 6.45) is 0.813. The van der Waals surface area contributed by atoms with E-state index in [0.29, 0.717) is 11.8 Å². The SMILES string of the molecule is CCc1c(C(C)C)[nH]n(CC(C)C)c1=O. The molecule has 0 spiro atoms. The summed E-state index contributed by atoms with van der Waals surface area (Å²) in [5, 5.41) is 3.24. The molecular weight excluding hydrogens is 188 g/mol. The molecule has 86 valence electrons. The highest BCUT2D eigenvalue weighted by Gasteiger charge is 2.15. The third-order valence-electron chi connectivity index (χ3n) is 2.56. The first-order valence-corrected chi connectivity index (χ1v) is 5.78. The molecule has 0 fully saturated rings. The summed E-state index contributed by atoms with van der Waals surface area (Å²) in [5.74, 6) is 0.882. The van der Waals surface area contributed by atoms with Crippen molar-refractivity contribution in [2.45, 2.75) is 53.5 Å². The zero-order valence-electron chi connectivity index (χ0n) is 10.4. The van der Waals surface area contributed by atoms with E-state index in [4.69, 9.17) is 0 Å². The van der Waals surface area contributed by atoms with Gasteiger partial charge in [-0.25, -0.2) is 0 Å². The van der Waals surface area contributed by atoms with E-state index in [0.717, 1.165) is 24.2 Å². The molecule has 0 saturated carbocycles. The van der Waals surface area contributed by atoms with Gasteiger partial charge in [-0.2, -0.15) is 0 Å². The molecule has 15 heavy (non-hydrogen) atoms. The highest BCUT2D eigenvalue weighted by molar-refractivity contribution is 5.20. The van der Waals surface area contributed by atoms with Gasteiger partial charge in [-0.1, -0.05) is 34.6 Å². The van der Waals surface area contributed by atoms with Crippen molar-refractivity contribution in [3.8, 4) is 0 Å². The van der Waals surface area contributed by atoms with Crippen LogP contribution in [0.3, 0.4) is 0 Å². The fraction of sp³-hybridized carbons (Fsp3) is 0.750. The van der Waals surface area contributed by atoms with Gasteiger partial charge in [-0.05, 0) is 18.3 Å². The molecule has 0 aliphatic rings. The number of hydrogen-bond acceptors (Lipinski definition) is 1. The molecule has 1 aromatic rings. The van der Waals surface area contributed by atoms with Crippen molar-refractivity contribution in [1.29, 1.82) is 0 Å². The highest BCUT2D eigenvalue weighted by Crippen LogP contribution is 2.15. The highest BCUT2D eigenvalue weighted by atomic mass is 16.1. The van der Waals surface area contributed by atoms with Crippen molar-refractivity contribution in [2.24, 2.45) is 5.92 Å². The summed E-state index contributed by atoms with van der Waals surface area (Å²) < 4.78 is 1.75. The Hall–Kier alpha value is -0.990. The molecule has 0 amide bonds. The first kappa shape index (κ1) is 12.1. The maximum atomic E-state index is 12.0. The largest absolute Gasteiger partial charge is 0.299 e. The normalized spacial score (nSPS) is 11.7. The zero-order chi connectivity index (χ0) is 11.6. The average Bonchev–Trinajstić information content (AvgIpc) is 2.43. The Kier molecular flexibility index (Phi) is 3.77. The second kappa shape index (κ2) is 4.69. The summed E-state index contributed by atoms with van der Waals surface area (Å²) in [6, 6.07) is 0. The number of H-pyrrole nitrogens is 1. The van der Waals surface area contributed by atoms with Crippen LogP contribution < -0.4 is 5.56 Å². The maximum Gasteiger partial charge on any atom is 0.269 e. The fourth-order valence-electron chi connectivity index (χ4n) is 1.85. The van der Waals surface area contributed by atoms with Gasteiger partial charge in [0, 0.05) is 17.8 Å². The fourth-order valence-corrected chi connectivity index (χ4v) is 1.85. The third-order valence-corrected chi connectivity index (χ3v) is 2.56. The van der Waals surface area contributed by atoms with Gasteiger partial charge in [0.15, 0.2) is 0 Å². The van der Waals surface area contributed by atoms with Crippen LogP contribution in [-0.4, -0.2) is 9.78 Å². The summed E-state index contributed by atoms with van der Waals surface area (Å²) in [6.45, 7) is 11.3. The van der Waals surface area contributed by atoms with E-state index in [-0.39, 0.29) is 5.56 Å². The number of hydrogen-bond donors (Lipinski definition) is 1. The van der Waals surface area contributed by atoms with E-state index in [1.807, 2.05) is 6.92 Å². The van der Waals surface area contributed by atoms with E-state index in [2.05, 4.69) is 32.8 Å². The van der Waals surface area contributed by atoms with Crippen LogP contribution >= 0.6 is 0 Å². The molecule has 0 aromatic carbocycles. The number of nitrogens with zero attached hydrogens (tertiary/aromatic N) is 1. The number of aromatic nitrogens is 2. The van der Waals surface area contributed by atoms with Crippen molar-refractivity contribution in [3.63, 3.8) is 0 Å². The molecule has 1 aromatic heterocycles. The van der Waals surface area contributed by atoms with Crippen LogP contribution in [0.25, 0.3) is 0 Å². The third kappa shape index (κ3) is 2.52. The van der Waals surface area contributed by atoms with Crippen LogP contribution in [0.15, 0.2) is 4.79 Å². The first-order chi connectivity index (χ1) is 6.97. The molecule has 0 bridgehead atoms. The minimum absolute atomic E-state index is 0.162. The van der Waals surface area contributed by atoms with Gasteiger partial charge in [-0.15, -0.1) is 0 Å². The molecule has 0 aliphatic heterocycles. The van der Waals surface area contributed by atoms with E-state index in [9.17, 15) is 4.79 Å². The van der Waals surface area contributed by atoms with Gasteiger partial charge < -0.3 is 0 Å². The lowest BCUT2D eigenvalue weighted by Crippen LogP contribution is -2.21. The van der Waals surface area contributed by atoms with E-state index in [1.54, 1.807) is 4.68 Å². The van der Waals surface area contributed by atoms with Crippen molar-refractivity contribution in [3.05, 3.63) is 21.6 Å². The first-order valence-electron chi connectivity index (χ1n) is 5.78. The number of nitrogens with one attached hydrogen (secondary N) is 1. The zero-order valence-corrected chi connectivity index (χ0v) is 10.4. The Labute approximate surface area is 91.5 Å². The maximum absolute atomic E-state index is 12.0. The summed E-state index contributed by atoms with van der Waals surface area (Å²) in [5.41, 5.74) is 2.21. The minimum atomic E-state index is 0.162. The molecule has 1 rings (SSSR count). The Morgan fingerprint density at radius 1 is 1.27 bits per heavy atom. The summed E-state index contributed by atoms with van der Waals surface area (Å²) >= 11 is 0. The van der Waals surface area contributed by atoms with Gasteiger partial charge >= 0.3 is 0 Å². The Balaban J connectivity index is 3.15. The minimum Gasteiger partial charge on any atom is -0.299 e. The lowest BCUT2D eigenvalue weighted by atomic mass is 10.0. The monoisotopic (exact) mass is 210 g/mol. The van der Waals surface area contributed by atoms with Crippen LogP contribution in [0.4, 0.5) is 0 Å². The molecule has 1 heterocycles. The van der Waals surface area contributed by atoms with Crippen LogP contribution in [-0.2, 0) is 13.0 Å². The Morgan fingerprint density at radius 2 is 1.87 bits per heavy atom. The second-order valence-electron chi connectivity index (χ2n) is 4.82. The average molecular weight is 210 g/mol. The molecule has 0 unspecified atom stereocenters. The Morgan fingerprint density at radius 3 is 2.20 bits per heavy atom.